The van der Waals surface area contributed by atoms with Crippen molar-refractivity contribution in [2.45, 2.75) is 44.7 Å². The van der Waals surface area contributed by atoms with Crippen LogP contribution in [0.2, 0.25) is 0 Å². The summed E-state index contributed by atoms with van der Waals surface area (Å²) in [6.45, 7) is 4.24. The predicted octanol–water partition coefficient (Wildman–Crippen LogP) is 2.97. The minimum absolute atomic E-state index is 0.000358. The number of carbonyl (C=O) groups excluding carboxylic acids is 1. The second-order valence-corrected chi connectivity index (χ2v) is 7.20. The van der Waals surface area contributed by atoms with Crippen LogP contribution in [0.4, 0.5) is 13.2 Å². The van der Waals surface area contributed by atoms with Crippen LogP contribution < -0.4 is 10.6 Å². The lowest BCUT2D eigenvalue weighted by Crippen LogP contribution is -2.42. The summed E-state index contributed by atoms with van der Waals surface area (Å²) >= 11 is 0. The third-order valence-corrected chi connectivity index (χ3v) is 5.07. The number of pyridine rings is 1. The molecule has 8 heteroatoms. The van der Waals surface area contributed by atoms with Crippen LogP contribution in [0.5, 0.6) is 0 Å². The molecule has 1 amide bonds. The molecular formula is C21H25F3N4O. The lowest BCUT2D eigenvalue weighted by molar-refractivity contribution is -0.137. The van der Waals surface area contributed by atoms with Crippen molar-refractivity contribution in [3.63, 3.8) is 0 Å². The molecule has 1 saturated heterocycles. The van der Waals surface area contributed by atoms with Crippen molar-refractivity contribution < 1.29 is 18.0 Å². The quantitative estimate of drug-likeness (QED) is 0.742. The Labute approximate surface area is 168 Å². The van der Waals surface area contributed by atoms with E-state index < -0.39 is 11.7 Å². The number of aromatic nitrogens is 1. The zero-order valence-electron chi connectivity index (χ0n) is 16.2. The molecule has 2 aromatic rings. The van der Waals surface area contributed by atoms with Crippen LogP contribution in [-0.4, -0.2) is 41.0 Å². The van der Waals surface area contributed by atoms with Gasteiger partial charge in [0.2, 0.25) is 5.91 Å². The summed E-state index contributed by atoms with van der Waals surface area (Å²) in [5.41, 5.74) is 1.21. The molecule has 0 bridgehead atoms. The molecule has 0 radical (unpaired) electrons. The monoisotopic (exact) mass is 406 g/mol. The molecular weight excluding hydrogens is 381 g/mol. The molecule has 1 fully saturated rings. The molecule has 0 spiro atoms. The van der Waals surface area contributed by atoms with E-state index in [1.807, 2.05) is 19.1 Å². The molecule has 2 heterocycles. The topological polar surface area (TPSA) is 57.3 Å². The van der Waals surface area contributed by atoms with Crippen LogP contribution >= 0.6 is 0 Å². The zero-order valence-corrected chi connectivity index (χ0v) is 16.2. The molecule has 3 rings (SSSR count). The number of nitrogens with zero attached hydrogens (tertiary/aromatic N) is 2. The molecule has 0 unspecified atom stereocenters. The van der Waals surface area contributed by atoms with E-state index in [1.165, 1.54) is 12.1 Å². The molecule has 0 aliphatic carbocycles. The average Bonchev–Trinajstić information content (AvgIpc) is 3.10. The largest absolute Gasteiger partial charge is 0.416 e. The fourth-order valence-electron chi connectivity index (χ4n) is 3.59. The van der Waals surface area contributed by atoms with E-state index >= 15 is 0 Å². The molecule has 2 N–H and O–H groups in total. The summed E-state index contributed by atoms with van der Waals surface area (Å²) in [4.78, 5) is 18.6. The van der Waals surface area contributed by atoms with Crippen LogP contribution in [0.15, 0.2) is 48.8 Å². The van der Waals surface area contributed by atoms with E-state index in [2.05, 4.69) is 20.5 Å². The van der Waals surface area contributed by atoms with Gasteiger partial charge in [-0.05, 0) is 48.7 Å². The van der Waals surface area contributed by atoms with Gasteiger partial charge >= 0.3 is 6.18 Å². The average molecular weight is 406 g/mol. The third kappa shape index (κ3) is 5.77. The molecule has 1 aromatic heterocycles. The van der Waals surface area contributed by atoms with Gasteiger partial charge in [0.05, 0.1) is 11.6 Å². The minimum atomic E-state index is -4.33. The van der Waals surface area contributed by atoms with Gasteiger partial charge in [0.1, 0.15) is 0 Å². The number of alkyl halides is 3. The number of amides is 1. The number of rotatable bonds is 7. The summed E-state index contributed by atoms with van der Waals surface area (Å²) in [6.07, 6.45) is -0.220. The number of benzene rings is 1. The van der Waals surface area contributed by atoms with E-state index in [9.17, 15) is 18.0 Å². The Kier molecular flexibility index (Phi) is 6.87. The van der Waals surface area contributed by atoms with Crippen molar-refractivity contribution in [1.29, 1.82) is 0 Å². The fraction of sp³-hybridized carbons (Fsp3) is 0.429. The molecule has 5 nitrogen and oxygen atoms in total. The number of hydrogen-bond donors (Lipinski definition) is 2. The first-order chi connectivity index (χ1) is 13.9. The first-order valence-corrected chi connectivity index (χ1v) is 9.67. The highest BCUT2D eigenvalue weighted by Gasteiger charge is 2.36. The van der Waals surface area contributed by atoms with Crippen LogP contribution in [0.25, 0.3) is 0 Å². The maximum Gasteiger partial charge on any atom is 0.416 e. The summed E-state index contributed by atoms with van der Waals surface area (Å²) in [5, 5.41) is 6.27. The molecule has 0 saturated carbocycles. The highest BCUT2D eigenvalue weighted by atomic mass is 19.4. The van der Waals surface area contributed by atoms with Gasteiger partial charge < -0.3 is 10.6 Å². The first kappa shape index (κ1) is 21.3. The Morgan fingerprint density at radius 2 is 1.83 bits per heavy atom. The second-order valence-electron chi connectivity index (χ2n) is 7.20. The molecule has 156 valence electrons. The number of likely N-dealkylation sites (N-methyl/N-ethyl adjacent to an activating group) is 1. The Hall–Kier alpha value is -2.45. The second kappa shape index (κ2) is 9.37. The molecule has 29 heavy (non-hydrogen) atoms. The van der Waals surface area contributed by atoms with Gasteiger partial charge in [-0.25, -0.2) is 0 Å². The molecule has 1 aliphatic heterocycles. The van der Waals surface area contributed by atoms with Gasteiger partial charge in [0.25, 0.3) is 0 Å². The van der Waals surface area contributed by atoms with E-state index in [0.29, 0.717) is 32.6 Å². The lowest BCUT2D eigenvalue weighted by Gasteiger charge is -2.23. The molecule has 1 aliphatic rings. The van der Waals surface area contributed by atoms with Gasteiger partial charge in [-0.3, -0.25) is 14.7 Å². The number of hydrogen-bond acceptors (Lipinski definition) is 4. The molecule has 2 atom stereocenters. The van der Waals surface area contributed by atoms with Gasteiger partial charge in [-0.2, -0.15) is 13.2 Å². The van der Waals surface area contributed by atoms with E-state index in [0.717, 1.165) is 23.3 Å². The smallest absolute Gasteiger partial charge is 0.355 e. The SMILES string of the molecule is CCNC(=O)[C@@H]1C[C@@H](NCc2ccc(C(F)(F)F)cc2)CN1Cc1ccncc1. The van der Waals surface area contributed by atoms with Crippen LogP contribution in [0.3, 0.4) is 0 Å². The lowest BCUT2D eigenvalue weighted by atomic mass is 10.1. The van der Waals surface area contributed by atoms with E-state index in [-0.39, 0.29) is 18.0 Å². The Morgan fingerprint density at radius 1 is 1.14 bits per heavy atom. The summed E-state index contributed by atoms with van der Waals surface area (Å²) in [7, 11) is 0. The zero-order chi connectivity index (χ0) is 20.9. The standard InChI is InChI=1S/C21H25F3N4O/c1-2-26-20(29)19-11-18(14-28(19)13-16-7-9-25-10-8-16)27-12-15-3-5-17(6-4-15)21(22,23)24/h3-10,18-19,27H,2,11-14H2,1H3,(H,26,29)/t18-,19+/m1/s1. The minimum Gasteiger partial charge on any atom is -0.355 e. The van der Waals surface area contributed by atoms with Crippen LogP contribution in [0.1, 0.15) is 30.0 Å². The number of halogens is 3. The fourth-order valence-corrected chi connectivity index (χ4v) is 3.59. The third-order valence-electron chi connectivity index (χ3n) is 5.07. The maximum absolute atomic E-state index is 12.7. The van der Waals surface area contributed by atoms with Crippen LogP contribution in [0, 0.1) is 0 Å². The summed E-state index contributed by atoms with van der Waals surface area (Å²) in [5.74, 6) is 0.000358. The van der Waals surface area contributed by atoms with Crippen LogP contribution in [-0.2, 0) is 24.1 Å². The van der Waals surface area contributed by atoms with Gasteiger partial charge in [-0.15, -0.1) is 0 Å². The Balaban J connectivity index is 1.61. The predicted molar refractivity (Wildman–Crippen MR) is 104 cm³/mol. The van der Waals surface area contributed by atoms with Crippen molar-refractivity contribution in [1.82, 2.24) is 20.5 Å². The first-order valence-electron chi connectivity index (χ1n) is 9.67. The maximum atomic E-state index is 12.7. The van der Waals surface area contributed by atoms with Gasteiger partial charge in [0, 0.05) is 44.6 Å². The van der Waals surface area contributed by atoms with Gasteiger partial charge in [-0.1, -0.05) is 12.1 Å². The Morgan fingerprint density at radius 3 is 2.45 bits per heavy atom. The van der Waals surface area contributed by atoms with Gasteiger partial charge in [0.15, 0.2) is 0 Å². The van der Waals surface area contributed by atoms with E-state index in [4.69, 9.17) is 0 Å². The van der Waals surface area contributed by atoms with Crippen molar-refractivity contribution in [2.24, 2.45) is 0 Å². The molecule has 1 aromatic carbocycles. The van der Waals surface area contributed by atoms with Crippen molar-refractivity contribution >= 4 is 5.91 Å². The summed E-state index contributed by atoms with van der Waals surface area (Å²) < 4.78 is 38.1. The Bertz CT molecular complexity index is 796. The van der Waals surface area contributed by atoms with E-state index in [1.54, 1.807) is 12.4 Å². The number of nitrogens with one attached hydrogen (secondary N) is 2. The highest BCUT2D eigenvalue weighted by molar-refractivity contribution is 5.82. The van der Waals surface area contributed by atoms with Crippen molar-refractivity contribution in [3.05, 3.63) is 65.5 Å². The summed E-state index contributed by atoms with van der Waals surface area (Å²) in [6, 6.07) is 8.86. The number of carbonyl (C=O) groups is 1. The highest BCUT2D eigenvalue weighted by Crippen LogP contribution is 2.29. The number of likely N-dealkylation sites (tertiary alicyclic amines) is 1. The normalized spacial score (nSPS) is 20.0. The van der Waals surface area contributed by atoms with Crippen molar-refractivity contribution in [3.8, 4) is 0 Å². The van der Waals surface area contributed by atoms with Crippen molar-refractivity contribution in [2.75, 3.05) is 13.1 Å².